The second-order valence-electron chi connectivity index (χ2n) is 4.88. The number of nitrogens with two attached hydrogens (primary N) is 1. The van der Waals surface area contributed by atoms with Gasteiger partial charge >= 0.3 is 0 Å². The van der Waals surface area contributed by atoms with E-state index in [0.29, 0.717) is 18.0 Å². The smallest absolute Gasteiger partial charge is 0.250 e. The van der Waals surface area contributed by atoms with Crippen LogP contribution in [0.15, 0.2) is 48.5 Å². The molecule has 0 unspecified atom stereocenters. The Balaban J connectivity index is 1.75. The van der Waals surface area contributed by atoms with E-state index >= 15 is 0 Å². The van der Waals surface area contributed by atoms with E-state index < -0.39 is 0 Å². The van der Waals surface area contributed by atoms with E-state index in [1.54, 1.807) is 6.07 Å². The zero-order valence-corrected chi connectivity index (χ0v) is 12.1. The van der Waals surface area contributed by atoms with Gasteiger partial charge in [0.1, 0.15) is 6.61 Å². The Morgan fingerprint density at radius 3 is 2.62 bits per heavy atom. The van der Waals surface area contributed by atoms with Gasteiger partial charge in [-0.15, -0.1) is 0 Å². The van der Waals surface area contributed by atoms with Gasteiger partial charge in [-0.25, -0.2) is 0 Å². The Morgan fingerprint density at radius 1 is 1.14 bits per heavy atom. The van der Waals surface area contributed by atoms with Crippen LogP contribution in [0.4, 0.5) is 11.4 Å². The zero-order valence-electron chi connectivity index (χ0n) is 12.1. The Kier molecular flexibility index (Phi) is 5.35. The normalized spacial score (nSPS) is 10.3. The van der Waals surface area contributed by atoms with Crippen LogP contribution in [0.25, 0.3) is 0 Å². The van der Waals surface area contributed by atoms with E-state index in [-0.39, 0.29) is 12.5 Å². The maximum atomic E-state index is 11.8. The van der Waals surface area contributed by atoms with Crippen LogP contribution in [0, 0.1) is 6.92 Å². The van der Waals surface area contributed by atoms with Crippen molar-refractivity contribution in [3.8, 4) is 0 Å². The van der Waals surface area contributed by atoms with Gasteiger partial charge in [0.15, 0.2) is 0 Å². The Bertz CT molecular complexity index is 577. The Morgan fingerprint density at radius 2 is 1.90 bits per heavy atom. The summed E-state index contributed by atoms with van der Waals surface area (Å²) in [4.78, 5) is 11.8. The van der Waals surface area contributed by atoms with E-state index in [4.69, 9.17) is 10.5 Å². The summed E-state index contributed by atoms with van der Waals surface area (Å²) in [5, 5.41) is 2.79. The summed E-state index contributed by atoms with van der Waals surface area (Å²) in [6, 6.07) is 15.6. The van der Waals surface area contributed by atoms with Crippen LogP contribution in [0.5, 0.6) is 0 Å². The minimum Gasteiger partial charge on any atom is -0.397 e. The number of nitrogen functional groups attached to an aromatic ring is 1. The number of carbonyl (C=O) groups is 1. The molecule has 3 N–H and O–H groups in total. The zero-order chi connectivity index (χ0) is 15.1. The third-order valence-corrected chi connectivity index (χ3v) is 3.18. The number of ether oxygens (including phenoxy) is 1. The quantitative estimate of drug-likeness (QED) is 0.633. The summed E-state index contributed by atoms with van der Waals surface area (Å²) >= 11 is 0. The number of para-hydroxylation sites is 1. The molecule has 2 aromatic carbocycles. The molecule has 110 valence electrons. The van der Waals surface area contributed by atoms with Gasteiger partial charge in [-0.1, -0.05) is 42.5 Å². The fourth-order valence-corrected chi connectivity index (χ4v) is 2.04. The van der Waals surface area contributed by atoms with Crippen LogP contribution in [-0.2, 0) is 16.0 Å². The van der Waals surface area contributed by atoms with Gasteiger partial charge in [0.05, 0.1) is 18.0 Å². The van der Waals surface area contributed by atoms with E-state index in [1.165, 1.54) is 5.56 Å². The fourth-order valence-electron chi connectivity index (χ4n) is 2.04. The molecule has 0 saturated carbocycles. The molecule has 0 bridgehead atoms. The summed E-state index contributed by atoms with van der Waals surface area (Å²) < 4.78 is 5.40. The molecule has 1 amide bonds. The first-order valence-corrected chi connectivity index (χ1v) is 6.93. The monoisotopic (exact) mass is 284 g/mol. The molecule has 4 heteroatoms. The van der Waals surface area contributed by atoms with Gasteiger partial charge in [0.25, 0.3) is 0 Å². The first-order chi connectivity index (χ1) is 10.2. The number of benzene rings is 2. The first-order valence-electron chi connectivity index (χ1n) is 6.93. The van der Waals surface area contributed by atoms with Crippen molar-refractivity contribution < 1.29 is 9.53 Å². The maximum Gasteiger partial charge on any atom is 0.250 e. The number of aryl methyl sites for hydroxylation is 1. The van der Waals surface area contributed by atoms with Crippen LogP contribution in [-0.4, -0.2) is 19.1 Å². The minimum absolute atomic E-state index is 0.0284. The van der Waals surface area contributed by atoms with Gasteiger partial charge in [-0.2, -0.15) is 0 Å². The summed E-state index contributed by atoms with van der Waals surface area (Å²) in [5.41, 5.74) is 9.20. The molecule has 0 radical (unpaired) electrons. The minimum atomic E-state index is -0.191. The third kappa shape index (κ3) is 4.61. The van der Waals surface area contributed by atoms with E-state index in [1.807, 2.05) is 49.4 Å². The SMILES string of the molecule is Cc1cccc(N)c1NC(=O)COCCc1ccccc1. The van der Waals surface area contributed by atoms with Crippen LogP contribution < -0.4 is 11.1 Å². The average Bonchev–Trinajstić information content (AvgIpc) is 2.49. The molecule has 0 aromatic heterocycles. The summed E-state index contributed by atoms with van der Waals surface area (Å²) in [7, 11) is 0. The van der Waals surface area contributed by atoms with Gasteiger partial charge < -0.3 is 15.8 Å². The standard InChI is InChI=1S/C17H20N2O2/c1-13-6-5-9-15(18)17(13)19-16(20)12-21-11-10-14-7-3-2-4-8-14/h2-9H,10-12,18H2,1H3,(H,19,20). The lowest BCUT2D eigenvalue weighted by Crippen LogP contribution is -2.20. The topological polar surface area (TPSA) is 64.3 Å². The van der Waals surface area contributed by atoms with Crippen molar-refractivity contribution in [3.05, 3.63) is 59.7 Å². The highest BCUT2D eigenvalue weighted by molar-refractivity contribution is 5.95. The highest BCUT2D eigenvalue weighted by Gasteiger charge is 2.07. The number of carbonyl (C=O) groups excluding carboxylic acids is 1. The first kappa shape index (κ1) is 15.1. The molecule has 0 saturated heterocycles. The van der Waals surface area contributed by atoms with Gasteiger partial charge in [-0.05, 0) is 30.5 Å². The number of hydrogen-bond acceptors (Lipinski definition) is 3. The molecule has 0 spiro atoms. The van der Waals surface area contributed by atoms with Crippen molar-refractivity contribution in [2.24, 2.45) is 0 Å². The third-order valence-electron chi connectivity index (χ3n) is 3.18. The number of rotatable bonds is 6. The van der Waals surface area contributed by atoms with Gasteiger partial charge in [0.2, 0.25) is 5.91 Å². The molecule has 0 fully saturated rings. The molecule has 0 atom stereocenters. The Hall–Kier alpha value is -2.33. The second kappa shape index (κ2) is 7.45. The molecular formula is C17H20N2O2. The lowest BCUT2D eigenvalue weighted by molar-refractivity contribution is -0.120. The maximum absolute atomic E-state index is 11.8. The second-order valence-corrected chi connectivity index (χ2v) is 4.88. The largest absolute Gasteiger partial charge is 0.397 e. The molecule has 2 aromatic rings. The number of nitrogens with one attached hydrogen (secondary N) is 1. The molecule has 21 heavy (non-hydrogen) atoms. The van der Waals surface area contributed by atoms with Crippen molar-refractivity contribution in [3.63, 3.8) is 0 Å². The number of amides is 1. The summed E-state index contributed by atoms with van der Waals surface area (Å²) in [6.07, 6.45) is 0.792. The van der Waals surface area contributed by atoms with Crippen LogP contribution >= 0.6 is 0 Å². The summed E-state index contributed by atoms with van der Waals surface area (Å²) in [6.45, 7) is 2.45. The van der Waals surface area contributed by atoms with Crippen LogP contribution in [0.1, 0.15) is 11.1 Å². The highest BCUT2D eigenvalue weighted by Crippen LogP contribution is 2.22. The van der Waals surface area contributed by atoms with E-state index in [0.717, 1.165) is 12.0 Å². The molecule has 0 aliphatic rings. The van der Waals surface area contributed by atoms with Crippen molar-refractivity contribution in [1.82, 2.24) is 0 Å². The van der Waals surface area contributed by atoms with Crippen molar-refractivity contribution in [1.29, 1.82) is 0 Å². The molecule has 0 aliphatic carbocycles. The van der Waals surface area contributed by atoms with Crippen molar-refractivity contribution in [2.45, 2.75) is 13.3 Å². The van der Waals surface area contributed by atoms with Crippen LogP contribution in [0.3, 0.4) is 0 Å². The van der Waals surface area contributed by atoms with E-state index in [9.17, 15) is 4.79 Å². The molecule has 0 aliphatic heterocycles. The lowest BCUT2D eigenvalue weighted by atomic mass is 10.1. The average molecular weight is 284 g/mol. The molecular weight excluding hydrogens is 264 g/mol. The predicted octanol–water partition coefficient (Wildman–Crippen LogP) is 2.78. The Labute approximate surface area is 124 Å². The molecule has 2 rings (SSSR count). The van der Waals surface area contributed by atoms with Crippen molar-refractivity contribution in [2.75, 3.05) is 24.3 Å². The number of anilines is 2. The van der Waals surface area contributed by atoms with E-state index in [2.05, 4.69) is 5.32 Å². The van der Waals surface area contributed by atoms with Crippen molar-refractivity contribution >= 4 is 17.3 Å². The fraction of sp³-hybridized carbons (Fsp3) is 0.235. The summed E-state index contributed by atoms with van der Waals surface area (Å²) in [5.74, 6) is -0.191. The number of hydrogen-bond donors (Lipinski definition) is 2. The molecule has 0 heterocycles. The predicted molar refractivity (Wildman–Crippen MR) is 85.2 cm³/mol. The molecule has 4 nitrogen and oxygen atoms in total. The highest BCUT2D eigenvalue weighted by atomic mass is 16.5. The lowest BCUT2D eigenvalue weighted by Gasteiger charge is -2.11. The van der Waals surface area contributed by atoms with Gasteiger partial charge in [0, 0.05) is 0 Å². The van der Waals surface area contributed by atoms with Crippen LogP contribution in [0.2, 0.25) is 0 Å². The van der Waals surface area contributed by atoms with Gasteiger partial charge in [-0.3, -0.25) is 4.79 Å².